The molecule has 18 heavy (non-hydrogen) atoms. The highest BCUT2D eigenvalue weighted by Crippen LogP contribution is 2.24. The molecule has 3 heteroatoms. The van der Waals surface area contributed by atoms with Crippen molar-refractivity contribution in [1.82, 2.24) is 4.57 Å². The van der Waals surface area contributed by atoms with Gasteiger partial charge in [0.15, 0.2) is 0 Å². The molecule has 0 aliphatic rings. The Bertz CT molecular complexity index is 555. The number of carbonyl (C=O) groups excluding carboxylic acids is 1. The quantitative estimate of drug-likeness (QED) is 0.879. The lowest BCUT2D eigenvalue weighted by Gasteiger charge is -2.13. The number of aromatic nitrogens is 1. The minimum Gasteiger partial charge on any atom is -0.347 e. The van der Waals surface area contributed by atoms with E-state index in [2.05, 4.69) is 19.2 Å². The molecule has 0 aliphatic heterocycles. The smallest absolute Gasteiger partial charge is 0.272 e. The average Bonchev–Trinajstić information content (AvgIpc) is 2.76. The maximum absolute atomic E-state index is 12.1. The van der Waals surface area contributed by atoms with Crippen LogP contribution in [0.4, 0.5) is 5.69 Å². The molecule has 2 rings (SSSR count). The lowest BCUT2D eigenvalue weighted by molar-refractivity contribution is 0.101. The average molecular weight is 242 g/mol. The van der Waals surface area contributed by atoms with Crippen LogP contribution in [0.3, 0.4) is 0 Å². The van der Waals surface area contributed by atoms with E-state index in [4.69, 9.17) is 0 Å². The second-order valence-corrected chi connectivity index (χ2v) is 4.70. The molecule has 0 spiro atoms. The van der Waals surface area contributed by atoms with Crippen LogP contribution >= 0.6 is 0 Å². The summed E-state index contributed by atoms with van der Waals surface area (Å²) in [4.78, 5) is 12.1. The first kappa shape index (κ1) is 12.4. The van der Waals surface area contributed by atoms with E-state index in [0.717, 1.165) is 11.3 Å². The number of nitrogens with one attached hydrogen (secondary N) is 1. The van der Waals surface area contributed by atoms with Gasteiger partial charge >= 0.3 is 0 Å². The molecule has 0 atom stereocenters. The summed E-state index contributed by atoms with van der Waals surface area (Å²) in [5.41, 5.74) is 2.70. The van der Waals surface area contributed by atoms with Crippen LogP contribution in [0.2, 0.25) is 0 Å². The van der Waals surface area contributed by atoms with Crippen LogP contribution in [0.25, 0.3) is 0 Å². The van der Waals surface area contributed by atoms with Crippen LogP contribution in [0.15, 0.2) is 42.6 Å². The van der Waals surface area contributed by atoms with Crippen molar-refractivity contribution in [3.8, 4) is 0 Å². The Morgan fingerprint density at radius 1 is 1.17 bits per heavy atom. The number of aryl methyl sites for hydroxylation is 1. The summed E-state index contributed by atoms with van der Waals surface area (Å²) >= 11 is 0. The summed E-state index contributed by atoms with van der Waals surface area (Å²) in [5, 5.41) is 2.98. The second-order valence-electron chi connectivity index (χ2n) is 4.70. The van der Waals surface area contributed by atoms with Gasteiger partial charge < -0.3 is 9.88 Å². The summed E-state index contributed by atoms with van der Waals surface area (Å²) in [6.07, 6.45) is 1.86. The topological polar surface area (TPSA) is 34.0 Å². The van der Waals surface area contributed by atoms with Crippen LogP contribution in [0.1, 0.15) is 35.8 Å². The van der Waals surface area contributed by atoms with Gasteiger partial charge in [-0.1, -0.05) is 32.0 Å². The van der Waals surface area contributed by atoms with Crippen molar-refractivity contribution in [3.05, 3.63) is 53.9 Å². The highest BCUT2D eigenvalue weighted by atomic mass is 16.1. The van der Waals surface area contributed by atoms with Crippen molar-refractivity contribution in [1.29, 1.82) is 0 Å². The first-order valence-corrected chi connectivity index (χ1v) is 6.11. The Kier molecular flexibility index (Phi) is 3.51. The number of anilines is 1. The molecule has 1 aromatic heterocycles. The molecule has 0 saturated carbocycles. The lowest BCUT2D eigenvalue weighted by Crippen LogP contribution is -2.16. The minimum atomic E-state index is -0.0735. The molecule has 3 nitrogen and oxygen atoms in total. The van der Waals surface area contributed by atoms with Crippen molar-refractivity contribution < 1.29 is 4.79 Å². The van der Waals surface area contributed by atoms with Gasteiger partial charge in [-0.15, -0.1) is 0 Å². The van der Waals surface area contributed by atoms with Crippen LogP contribution in [-0.4, -0.2) is 10.5 Å². The Hall–Kier alpha value is -2.03. The molecule has 0 radical (unpaired) electrons. The molecule has 1 heterocycles. The van der Waals surface area contributed by atoms with Gasteiger partial charge in [0.05, 0.1) is 0 Å². The maximum Gasteiger partial charge on any atom is 0.272 e. The highest BCUT2D eigenvalue weighted by Gasteiger charge is 2.12. The SMILES string of the molecule is CC(C)c1ccccc1NC(=O)c1cccn1C. The van der Waals surface area contributed by atoms with Crippen molar-refractivity contribution >= 4 is 11.6 Å². The van der Waals surface area contributed by atoms with Crippen LogP contribution < -0.4 is 5.32 Å². The number of nitrogens with zero attached hydrogens (tertiary/aromatic N) is 1. The van der Waals surface area contributed by atoms with Crippen LogP contribution in [0, 0.1) is 0 Å². The zero-order valence-electron chi connectivity index (χ0n) is 11.0. The molecule has 0 unspecified atom stereocenters. The second kappa shape index (κ2) is 5.08. The number of hydrogen-bond acceptors (Lipinski definition) is 1. The van der Waals surface area contributed by atoms with Gasteiger partial charge in [-0.3, -0.25) is 4.79 Å². The van der Waals surface area contributed by atoms with E-state index in [0.29, 0.717) is 11.6 Å². The molecule has 2 aromatic rings. The molecule has 0 saturated heterocycles. The first-order valence-electron chi connectivity index (χ1n) is 6.11. The standard InChI is InChI=1S/C15H18N2O/c1-11(2)12-7-4-5-8-13(12)16-15(18)14-9-6-10-17(14)3/h4-11H,1-3H3,(H,16,18). The summed E-state index contributed by atoms with van der Waals surface area (Å²) in [7, 11) is 1.86. The summed E-state index contributed by atoms with van der Waals surface area (Å²) < 4.78 is 1.81. The predicted octanol–water partition coefficient (Wildman–Crippen LogP) is 3.40. The van der Waals surface area contributed by atoms with Gasteiger partial charge in [-0.2, -0.15) is 0 Å². The van der Waals surface area contributed by atoms with E-state index in [1.54, 1.807) is 0 Å². The van der Waals surface area contributed by atoms with E-state index in [1.807, 2.05) is 54.2 Å². The molecule has 1 aromatic carbocycles. The van der Waals surface area contributed by atoms with Crippen molar-refractivity contribution in [2.24, 2.45) is 7.05 Å². The predicted molar refractivity (Wildman–Crippen MR) is 73.9 cm³/mol. The lowest BCUT2D eigenvalue weighted by atomic mass is 10.0. The van der Waals surface area contributed by atoms with Gasteiger partial charge in [0.25, 0.3) is 5.91 Å². The molecular weight excluding hydrogens is 224 g/mol. The van der Waals surface area contributed by atoms with Crippen molar-refractivity contribution in [3.63, 3.8) is 0 Å². The third-order valence-electron chi connectivity index (χ3n) is 3.01. The summed E-state index contributed by atoms with van der Waals surface area (Å²) in [6.45, 7) is 4.24. The van der Waals surface area contributed by atoms with E-state index < -0.39 is 0 Å². The molecule has 0 aliphatic carbocycles. The largest absolute Gasteiger partial charge is 0.347 e. The van der Waals surface area contributed by atoms with E-state index in [9.17, 15) is 4.79 Å². The van der Waals surface area contributed by atoms with Gasteiger partial charge in [0.1, 0.15) is 5.69 Å². The third kappa shape index (κ3) is 2.45. The summed E-state index contributed by atoms with van der Waals surface area (Å²) in [6, 6.07) is 11.6. The number of para-hydroxylation sites is 1. The molecule has 1 amide bonds. The fourth-order valence-electron chi connectivity index (χ4n) is 2.00. The number of amides is 1. The molecule has 94 valence electrons. The van der Waals surface area contributed by atoms with Crippen molar-refractivity contribution in [2.45, 2.75) is 19.8 Å². The van der Waals surface area contributed by atoms with E-state index in [1.165, 1.54) is 0 Å². The minimum absolute atomic E-state index is 0.0735. The highest BCUT2D eigenvalue weighted by molar-refractivity contribution is 6.03. The number of carbonyl (C=O) groups is 1. The Morgan fingerprint density at radius 3 is 2.50 bits per heavy atom. The first-order chi connectivity index (χ1) is 8.59. The monoisotopic (exact) mass is 242 g/mol. The van der Waals surface area contributed by atoms with E-state index in [-0.39, 0.29) is 5.91 Å². The molecule has 0 fully saturated rings. The van der Waals surface area contributed by atoms with E-state index >= 15 is 0 Å². The fourth-order valence-corrected chi connectivity index (χ4v) is 2.00. The molecule has 1 N–H and O–H groups in total. The van der Waals surface area contributed by atoms with Crippen LogP contribution in [-0.2, 0) is 7.05 Å². The Balaban J connectivity index is 2.25. The summed E-state index contributed by atoms with van der Waals surface area (Å²) in [5.74, 6) is 0.311. The Labute approximate surface area is 107 Å². The number of rotatable bonds is 3. The van der Waals surface area contributed by atoms with Crippen molar-refractivity contribution in [2.75, 3.05) is 5.32 Å². The molecule has 0 bridgehead atoms. The van der Waals surface area contributed by atoms with Gasteiger partial charge in [0.2, 0.25) is 0 Å². The van der Waals surface area contributed by atoms with Crippen LogP contribution in [0.5, 0.6) is 0 Å². The maximum atomic E-state index is 12.1. The van der Waals surface area contributed by atoms with Gasteiger partial charge in [0, 0.05) is 18.9 Å². The zero-order chi connectivity index (χ0) is 13.1. The van der Waals surface area contributed by atoms with Gasteiger partial charge in [-0.05, 0) is 29.7 Å². The zero-order valence-corrected chi connectivity index (χ0v) is 11.0. The number of hydrogen-bond donors (Lipinski definition) is 1. The van der Waals surface area contributed by atoms with Gasteiger partial charge in [-0.25, -0.2) is 0 Å². The number of benzene rings is 1. The normalized spacial score (nSPS) is 10.7. The molecular formula is C15H18N2O. The Morgan fingerprint density at radius 2 is 1.89 bits per heavy atom. The third-order valence-corrected chi connectivity index (χ3v) is 3.01. The fraction of sp³-hybridized carbons (Fsp3) is 0.267.